The van der Waals surface area contributed by atoms with Gasteiger partial charge in [0.2, 0.25) is 0 Å². The maximum absolute atomic E-state index is 11.8. The van der Waals surface area contributed by atoms with Crippen LogP contribution >= 0.6 is 0 Å². The molecule has 0 aromatic rings. The Morgan fingerprint density at radius 2 is 2.12 bits per heavy atom. The largest absolute Gasteiger partial charge is 0.478 e. The van der Waals surface area contributed by atoms with Crippen LogP contribution in [0, 0.1) is 22.7 Å². The van der Waals surface area contributed by atoms with Crippen molar-refractivity contribution in [3.05, 3.63) is 23.3 Å². The molecule has 3 aliphatic rings. The average molecular weight is 332 g/mol. The van der Waals surface area contributed by atoms with Crippen molar-refractivity contribution < 1.29 is 19.4 Å². The van der Waals surface area contributed by atoms with E-state index in [4.69, 9.17) is 4.74 Å². The highest BCUT2D eigenvalue weighted by atomic mass is 16.5. The molecule has 0 bridgehead atoms. The number of hydrogen-bond acceptors (Lipinski definition) is 3. The van der Waals surface area contributed by atoms with Crippen LogP contribution in [0.2, 0.25) is 0 Å². The summed E-state index contributed by atoms with van der Waals surface area (Å²) >= 11 is 0. The molecule has 0 amide bonds. The van der Waals surface area contributed by atoms with Gasteiger partial charge in [-0.1, -0.05) is 26.8 Å². The number of cyclic esters (lactones) is 1. The van der Waals surface area contributed by atoms with E-state index < -0.39 is 5.97 Å². The standard InChI is InChI=1S/C20H28O4/c1-13-7-9-20(3)15(18(22)23)5-4-6-16(20)19(13,2)10-8-14-11-17(21)24-12-14/h5,11,13,16H,4,6-10,12H2,1-3H3,(H,22,23)/t13-,16-,19+,20+/m0/s1. The first-order valence-corrected chi connectivity index (χ1v) is 9.07. The van der Waals surface area contributed by atoms with Gasteiger partial charge in [0.15, 0.2) is 0 Å². The van der Waals surface area contributed by atoms with Gasteiger partial charge in [0, 0.05) is 17.1 Å². The van der Waals surface area contributed by atoms with E-state index in [1.165, 1.54) is 0 Å². The summed E-state index contributed by atoms with van der Waals surface area (Å²) in [5.41, 5.74) is 1.55. The van der Waals surface area contributed by atoms with Crippen LogP contribution in [0.3, 0.4) is 0 Å². The number of allylic oxidation sites excluding steroid dienone is 1. The molecule has 0 unspecified atom stereocenters. The van der Waals surface area contributed by atoms with Gasteiger partial charge < -0.3 is 9.84 Å². The van der Waals surface area contributed by atoms with Crippen molar-refractivity contribution in [3.8, 4) is 0 Å². The molecule has 132 valence electrons. The van der Waals surface area contributed by atoms with Gasteiger partial charge in [-0.3, -0.25) is 0 Å². The van der Waals surface area contributed by atoms with E-state index >= 15 is 0 Å². The Morgan fingerprint density at radius 3 is 2.75 bits per heavy atom. The minimum Gasteiger partial charge on any atom is -0.478 e. The first-order chi connectivity index (χ1) is 11.3. The third-order valence-corrected chi connectivity index (χ3v) is 7.14. The van der Waals surface area contributed by atoms with Gasteiger partial charge in [0.05, 0.1) is 0 Å². The lowest BCUT2D eigenvalue weighted by atomic mass is 9.46. The molecule has 24 heavy (non-hydrogen) atoms. The Labute approximate surface area is 144 Å². The lowest BCUT2D eigenvalue weighted by Crippen LogP contribution is -2.51. The first-order valence-electron chi connectivity index (χ1n) is 9.07. The summed E-state index contributed by atoms with van der Waals surface area (Å²) in [6.45, 7) is 7.22. The first kappa shape index (κ1) is 17.2. The number of carboxylic acid groups (broad SMARTS) is 1. The predicted molar refractivity (Wildman–Crippen MR) is 91.3 cm³/mol. The fourth-order valence-corrected chi connectivity index (χ4v) is 5.43. The molecule has 1 fully saturated rings. The molecule has 4 heteroatoms. The van der Waals surface area contributed by atoms with E-state index in [9.17, 15) is 14.7 Å². The van der Waals surface area contributed by atoms with Crippen molar-refractivity contribution in [1.29, 1.82) is 0 Å². The van der Waals surface area contributed by atoms with Gasteiger partial charge in [-0.05, 0) is 61.3 Å². The quantitative estimate of drug-likeness (QED) is 0.787. The van der Waals surface area contributed by atoms with Crippen LogP contribution in [0.15, 0.2) is 23.3 Å². The Bertz CT molecular complexity index is 617. The molecular formula is C20H28O4. The normalized spacial score (nSPS) is 38.9. The second-order valence-electron chi connectivity index (χ2n) is 8.33. The van der Waals surface area contributed by atoms with Gasteiger partial charge >= 0.3 is 11.9 Å². The number of carbonyl (C=O) groups is 2. The van der Waals surface area contributed by atoms with Crippen LogP contribution in [0.25, 0.3) is 0 Å². The molecule has 4 atom stereocenters. The van der Waals surface area contributed by atoms with Crippen molar-refractivity contribution in [2.45, 2.75) is 59.3 Å². The highest BCUT2D eigenvalue weighted by molar-refractivity contribution is 5.88. The fourth-order valence-electron chi connectivity index (χ4n) is 5.43. The van der Waals surface area contributed by atoms with Gasteiger partial charge in [-0.2, -0.15) is 0 Å². The SMILES string of the molecule is C[C@H]1CC[C@]2(C)C(C(=O)O)=CCC[C@H]2[C@]1(C)CCC1=CC(=O)OC1. The van der Waals surface area contributed by atoms with Crippen LogP contribution in [0.4, 0.5) is 0 Å². The van der Waals surface area contributed by atoms with Crippen LogP contribution in [0.5, 0.6) is 0 Å². The second kappa shape index (κ2) is 6.05. The van der Waals surface area contributed by atoms with E-state index in [2.05, 4.69) is 20.8 Å². The molecule has 1 N–H and O–H groups in total. The summed E-state index contributed by atoms with van der Waals surface area (Å²) in [7, 11) is 0. The van der Waals surface area contributed by atoms with E-state index in [1.54, 1.807) is 6.08 Å². The highest BCUT2D eigenvalue weighted by Crippen LogP contribution is 2.62. The number of hydrogen-bond donors (Lipinski definition) is 1. The zero-order chi connectivity index (χ0) is 17.5. The molecule has 4 nitrogen and oxygen atoms in total. The summed E-state index contributed by atoms with van der Waals surface area (Å²) in [6.07, 6.45) is 9.35. The van der Waals surface area contributed by atoms with Crippen molar-refractivity contribution in [1.82, 2.24) is 0 Å². The number of rotatable bonds is 4. The van der Waals surface area contributed by atoms with Gasteiger partial charge in [0.25, 0.3) is 0 Å². The molecule has 0 radical (unpaired) electrons. The molecular weight excluding hydrogens is 304 g/mol. The lowest BCUT2D eigenvalue weighted by molar-refractivity contribution is -0.137. The average Bonchev–Trinajstić information content (AvgIpc) is 2.94. The molecule has 0 saturated heterocycles. The third-order valence-electron chi connectivity index (χ3n) is 7.14. The van der Waals surface area contributed by atoms with Crippen molar-refractivity contribution in [2.75, 3.05) is 6.61 Å². The Hall–Kier alpha value is -1.58. The van der Waals surface area contributed by atoms with E-state index in [-0.39, 0.29) is 16.8 Å². The zero-order valence-electron chi connectivity index (χ0n) is 14.9. The number of aliphatic carboxylic acids is 1. The Balaban J connectivity index is 1.85. The smallest absolute Gasteiger partial charge is 0.331 e. The number of carboxylic acids is 1. The van der Waals surface area contributed by atoms with E-state index in [0.29, 0.717) is 24.0 Å². The number of fused-ring (bicyclic) bond motifs is 1. The summed E-state index contributed by atoms with van der Waals surface area (Å²) in [4.78, 5) is 23.1. The van der Waals surface area contributed by atoms with Crippen molar-refractivity contribution >= 4 is 11.9 Å². The minimum atomic E-state index is -0.753. The minimum absolute atomic E-state index is 0.0917. The molecule has 2 aliphatic carbocycles. The van der Waals surface area contributed by atoms with Gasteiger partial charge in [-0.15, -0.1) is 0 Å². The molecule has 0 aromatic carbocycles. The summed E-state index contributed by atoms with van der Waals surface area (Å²) in [5.74, 6) is -0.0483. The third kappa shape index (κ3) is 2.70. The Kier molecular flexibility index (Phi) is 4.35. The van der Waals surface area contributed by atoms with Gasteiger partial charge in [0.1, 0.15) is 6.61 Å². The maximum Gasteiger partial charge on any atom is 0.331 e. The van der Waals surface area contributed by atoms with E-state index in [1.807, 2.05) is 6.08 Å². The monoisotopic (exact) mass is 332 g/mol. The number of ether oxygens (including phenoxy) is 1. The molecule has 0 aromatic heterocycles. The highest BCUT2D eigenvalue weighted by Gasteiger charge is 2.55. The molecule has 3 rings (SSSR count). The van der Waals surface area contributed by atoms with Gasteiger partial charge in [-0.25, -0.2) is 9.59 Å². The van der Waals surface area contributed by atoms with E-state index in [0.717, 1.165) is 44.1 Å². The zero-order valence-corrected chi connectivity index (χ0v) is 14.9. The van der Waals surface area contributed by atoms with Crippen LogP contribution in [-0.4, -0.2) is 23.7 Å². The summed E-state index contributed by atoms with van der Waals surface area (Å²) in [5, 5.41) is 9.68. The van der Waals surface area contributed by atoms with Crippen molar-refractivity contribution in [2.24, 2.45) is 22.7 Å². The lowest BCUT2D eigenvalue weighted by Gasteiger charge is -2.57. The predicted octanol–water partition coefficient (Wildman–Crippen LogP) is 4.11. The van der Waals surface area contributed by atoms with Crippen molar-refractivity contribution in [3.63, 3.8) is 0 Å². The maximum atomic E-state index is 11.8. The molecule has 0 spiro atoms. The topological polar surface area (TPSA) is 63.6 Å². The van der Waals surface area contributed by atoms with Crippen LogP contribution in [-0.2, 0) is 14.3 Å². The second-order valence-corrected chi connectivity index (χ2v) is 8.33. The Morgan fingerprint density at radius 1 is 1.38 bits per heavy atom. The fraction of sp³-hybridized carbons (Fsp3) is 0.700. The summed E-state index contributed by atoms with van der Waals surface area (Å²) in [6, 6.07) is 0. The molecule has 1 heterocycles. The van der Waals surface area contributed by atoms with Crippen LogP contribution < -0.4 is 0 Å². The van der Waals surface area contributed by atoms with Crippen LogP contribution in [0.1, 0.15) is 59.3 Å². The summed E-state index contributed by atoms with van der Waals surface area (Å²) < 4.78 is 5.02. The molecule has 1 aliphatic heterocycles. The number of carbonyl (C=O) groups excluding carboxylic acids is 1. The number of esters is 1. The molecule has 1 saturated carbocycles.